The lowest BCUT2D eigenvalue weighted by Gasteiger charge is -2.28. The molecule has 0 aliphatic heterocycles. The average molecular weight is 291 g/mol. The number of rotatable bonds is 5. The summed E-state index contributed by atoms with van der Waals surface area (Å²) in [6.07, 6.45) is 1.39. The van der Waals surface area contributed by atoms with E-state index in [-0.39, 0.29) is 6.42 Å². The number of nitro groups is 1. The second-order valence-corrected chi connectivity index (χ2v) is 4.56. The van der Waals surface area contributed by atoms with Gasteiger partial charge in [0.25, 0.3) is 0 Å². The van der Waals surface area contributed by atoms with Crippen molar-refractivity contribution in [3.8, 4) is 0 Å². The molecule has 0 N–H and O–H groups in total. The zero-order valence-electron chi connectivity index (χ0n) is 12.2. The number of methoxy groups -OCH3 is 3. The maximum absolute atomic E-state index is 11.4. The summed E-state index contributed by atoms with van der Waals surface area (Å²) in [4.78, 5) is 10.9. The molecule has 112 valence electrons. The number of hydrogen-bond donors (Lipinski definition) is 0. The topological polar surface area (TPSA) is 70.8 Å². The van der Waals surface area contributed by atoms with Gasteiger partial charge in [-0.3, -0.25) is 10.1 Å². The van der Waals surface area contributed by atoms with E-state index in [1.54, 1.807) is 0 Å². The van der Waals surface area contributed by atoms with Crippen LogP contribution in [0.25, 0.3) is 5.57 Å². The molecular weight excluding hydrogens is 274 g/mol. The minimum Gasteiger partial charge on any atom is -0.500 e. The zero-order valence-corrected chi connectivity index (χ0v) is 12.2. The van der Waals surface area contributed by atoms with Crippen LogP contribution >= 0.6 is 0 Å². The van der Waals surface area contributed by atoms with Crippen molar-refractivity contribution < 1.29 is 19.1 Å². The van der Waals surface area contributed by atoms with Crippen LogP contribution in [0.4, 0.5) is 0 Å². The molecule has 1 aromatic carbocycles. The first-order valence-electron chi connectivity index (χ1n) is 6.37. The van der Waals surface area contributed by atoms with Crippen LogP contribution in [-0.4, -0.2) is 32.0 Å². The second kappa shape index (κ2) is 5.97. The Morgan fingerprint density at radius 2 is 1.81 bits per heavy atom. The molecule has 0 radical (unpaired) electrons. The van der Waals surface area contributed by atoms with Gasteiger partial charge >= 0.3 is 5.72 Å². The van der Waals surface area contributed by atoms with Gasteiger partial charge in [-0.15, -0.1) is 0 Å². The van der Waals surface area contributed by atoms with E-state index in [0.717, 1.165) is 5.56 Å². The third-order valence-corrected chi connectivity index (χ3v) is 3.49. The summed E-state index contributed by atoms with van der Waals surface area (Å²) in [6, 6.07) is 9.45. The molecular formula is C15H17NO5. The van der Waals surface area contributed by atoms with Crippen molar-refractivity contribution in [1.29, 1.82) is 0 Å². The van der Waals surface area contributed by atoms with Crippen molar-refractivity contribution in [3.63, 3.8) is 0 Å². The van der Waals surface area contributed by atoms with Crippen LogP contribution in [0.15, 0.2) is 47.9 Å². The van der Waals surface area contributed by atoms with E-state index in [0.29, 0.717) is 17.1 Å². The van der Waals surface area contributed by atoms with E-state index in [1.165, 1.54) is 27.4 Å². The summed E-state index contributed by atoms with van der Waals surface area (Å²) < 4.78 is 15.8. The van der Waals surface area contributed by atoms with Crippen LogP contribution < -0.4 is 0 Å². The Bertz CT molecular complexity index is 593. The fourth-order valence-corrected chi connectivity index (χ4v) is 2.35. The highest BCUT2D eigenvalue weighted by Crippen LogP contribution is 2.39. The molecule has 21 heavy (non-hydrogen) atoms. The second-order valence-electron chi connectivity index (χ2n) is 4.56. The normalized spacial score (nSPS) is 21.8. The van der Waals surface area contributed by atoms with Gasteiger partial charge in [0.1, 0.15) is 17.9 Å². The minimum absolute atomic E-state index is 0.00406. The summed E-state index contributed by atoms with van der Waals surface area (Å²) in [6.45, 7) is 0. The molecule has 0 saturated carbocycles. The predicted molar refractivity (Wildman–Crippen MR) is 76.8 cm³/mol. The molecule has 0 spiro atoms. The standard InChI is InChI=1S/C15H17NO5/c1-19-12-9-15(21-3,16(17)18)10-13(20-2)14(12)11-7-5-4-6-8-11/h4-9H,10H2,1-3H3. The highest BCUT2D eigenvalue weighted by Gasteiger charge is 2.47. The minimum atomic E-state index is -1.67. The fraction of sp³-hybridized carbons (Fsp3) is 0.333. The Morgan fingerprint density at radius 1 is 1.14 bits per heavy atom. The molecule has 0 heterocycles. The number of nitrogens with zero attached hydrogens (tertiary/aromatic N) is 1. The van der Waals surface area contributed by atoms with E-state index in [4.69, 9.17) is 14.2 Å². The van der Waals surface area contributed by atoms with E-state index in [2.05, 4.69) is 0 Å². The Labute approximate surface area is 122 Å². The van der Waals surface area contributed by atoms with Crippen molar-refractivity contribution in [2.45, 2.75) is 12.1 Å². The summed E-state index contributed by atoms with van der Waals surface area (Å²) in [5, 5.41) is 11.4. The lowest BCUT2D eigenvalue weighted by atomic mass is 9.91. The quantitative estimate of drug-likeness (QED) is 0.474. The van der Waals surface area contributed by atoms with Gasteiger partial charge < -0.3 is 14.2 Å². The molecule has 2 rings (SSSR count). The van der Waals surface area contributed by atoms with Gasteiger partial charge in [0.05, 0.1) is 30.8 Å². The molecule has 0 amide bonds. The van der Waals surface area contributed by atoms with Crippen molar-refractivity contribution in [2.75, 3.05) is 21.3 Å². The van der Waals surface area contributed by atoms with E-state index < -0.39 is 10.6 Å². The molecule has 1 aliphatic carbocycles. The summed E-state index contributed by atoms with van der Waals surface area (Å²) >= 11 is 0. The van der Waals surface area contributed by atoms with Crippen LogP contribution in [0, 0.1) is 10.1 Å². The highest BCUT2D eigenvalue weighted by atomic mass is 16.7. The van der Waals surface area contributed by atoms with Crippen molar-refractivity contribution in [3.05, 3.63) is 63.6 Å². The molecule has 0 fully saturated rings. The molecule has 1 unspecified atom stereocenters. The van der Waals surface area contributed by atoms with Gasteiger partial charge in [0.2, 0.25) is 0 Å². The Hall–Kier alpha value is -2.34. The van der Waals surface area contributed by atoms with Gasteiger partial charge in [-0.2, -0.15) is 0 Å². The fourth-order valence-electron chi connectivity index (χ4n) is 2.35. The number of benzene rings is 1. The zero-order chi connectivity index (χ0) is 15.5. The third kappa shape index (κ3) is 2.62. The van der Waals surface area contributed by atoms with Crippen molar-refractivity contribution >= 4 is 5.57 Å². The molecule has 6 nitrogen and oxygen atoms in total. The van der Waals surface area contributed by atoms with Crippen LogP contribution in [0.3, 0.4) is 0 Å². The lowest BCUT2D eigenvalue weighted by molar-refractivity contribution is -0.611. The molecule has 0 saturated heterocycles. The van der Waals surface area contributed by atoms with Gasteiger partial charge in [-0.25, -0.2) is 0 Å². The van der Waals surface area contributed by atoms with Crippen LogP contribution in [0.2, 0.25) is 0 Å². The smallest absolute Gasteiger partial charge is 0.355 e. The molecule has 0 aromatic heterocycles. The molecule has 1 aromatic rings. The Balaban J connectivity index is 2.59. The first-order chi connectivity index (χ1) is 10.1. The van der Waals surface area contributed by atoms with Crippen molar-refractivity contribution in [1.82, 2.24) is 0 Å². The first kappa shape index (κ1) is 15.1. The van der Waals surface area contributed by atoms with Crippen molar-refractivity contribution in [2.24, 2.45) is 0 Å². The average Bonchev–Trinajstić information content (AvgIpc) is 2.53. The third-order valence-electron chi connectivity index (χ3n) is 3.49. The number of hydrogen-bond acceptors (Lipinski definition) is 5. The van der Waals surface area contributed by atoms with Gasteiger partial charge in [0.15, 0.2) is 0 Å². The summed E-state index contributed by atoms with van der Waals surface area (Å²) in [5.74, 6) is 0.821. The van der Waals surface area contributed by atoms with E-state index in [1.807, 2.05) is 30.3 Å². The molecule has 1 aliphatic rings. The Kier molecular flexibility index (Phi) is 4.28. The van der Waals surface area contributed by atoms with Crippen LogP contribution in [0.5, 0.6) is 0 Å². The molecule has 6 heteroatoms. The van der Waals surface area contributed by atoms with Gasteiger partial charge in [-0.1, -0.05) is 30.3 Å². The maximum Gasteiger partial charge on any atom is 0.355 e. The lowest BCUT2D eigenvalue weighted by Crippen LogP contribution is -2.41. The number of allylic oxidation sites excluding steroid dienone is 1. The summed E-state index contributed by atoms with van der Waals surface area (Å²) in [7, 11) is 4.25. The monoisotopic (exact) mass is 291 g/mol. The SMILES string of the molecule is COC1=CC(OC)([N+](=O)[O-])CC(OC)=C1c1ccccc1. The largest absolute Gasteiger partial charge is 0.500 e. The molecule has 0 bridgehead atoms. The predicted octanol–water partition coefficient (Wildman–Crippen LogP) is 2.60. The van der Waals surface area contributed by atoms with Crippen LogP contribution in [0.1, 0.15) is 12.0 Å². The van der Waals surface area contributed by atoms with Crippen LogP contribution in [-0.2, 0) is 14.2 Å². The maximum atomic E-state index is 11.4. The van der Waals surface area contributed by atoms with Gasteiger partial charge in [0, 0.05) is 7.11 Å². The Morgan fingerprint density at radius 3 is 2.29 bits per heavy atom. The summed E-state index contributed by atoms with van der Waals surface area (Å²) in [5.41, 5.74) is -0.0970. The van der Waals surface area contributed by atoms with Gasteiger partial charge in [-0.05, 0) is 5.56 Å². The number of ether oxygens (including phenoxy) is 3. The van der Waals surface area contributed by atoms with E-state index in [9.17, 15) is 10.1 Å². The van der Waals surface area contributed by atoms with E-state index >= 15 is 0 Å². The highest BCUT2D eigenvalue weighted by molar-refractivity contribution is 5.80. The first-order valence-corrected chi connectivity index (χ1v) is 6.37. The molecule has 1 atom stereocenters.